The van der Waals surface area contributed by atoms with Gasteiger partial charge in [0, 0.05) is 0 Å². The van der Waals surface area contributed by atoms with E-state index in [-0.39, 0.29) is 22.8 Å². The molecule has 13 heavy (non-hydrogen) atoms. The zero-order chi connectivity index (χ0) is 10.0. The molecule has 0 saturated carbocycles. The number of Topliss-reactive ketones (excluding diaryl/α,β-unsaturated/α-hetero) is 1. The number of nitroso groups, excluding NO2 is 1. The maximum atomic E-state index is 11.0. The van der Waals surface area contributed by atoms with Gasteiger partial charge in [0.2, 0.25) is 0 Å². The van der Waals surface area contributed by atoms with Crippen molar-refractivity contribution in [2.24, 2.45) is 5.18 Å². The molecule has 1 N–H and O–H groups in total. The Balaban J connectivity index is 3.41. The Morgan fingerprint density at radius 1 is 1.46 bits per heavy atom. The Bertz CT molecular complexity index is 371. The summed E-state index contributed by atoms with van der Waals surface area (Å²) < 4.78 is 0. The van der Waals surface area contributed by atoms with Crippen molar-refractivity contribution >= 4 is 11.5 Å². The van der Waals surface area contributed by atoms with Crippen LogP contribution in [0.3, 0.4) is 0 Å². The molecule has 0 aromatic heterocycles. The first-order valence-electron chi connectivity index (χ1n) is 3.74. The number of aromatic hydroxyl groups is 1. The molecule has 1 aromatic rings. The monoisotopic (exact) mass is 179 g/mol. The molecular formula is C9H9NO3. The molecule has 0 spiro atoms. The number of carbonyl (C=O) groups excluding carboxylic acids is 1. The third-order valence-electron chi connectivity index (χ3n) is 1.77. The molecule has 0 saturated heterocycles. The quantitative estimate of drug-likeness (QED) is 0.559. The van der Waals surface area contributed by atoms with Crippen molar-refractivity contribution in [3.63, 3.8) is 0 Å². The van der Waals surface area contributed by atoms with Crippen molar-refractivity contribution < 1.29 is 9.90 Å². The predicted octanol–water partition coefficient (Wildman–Crippen LogP) is 2.30. The van der Waals surface area contributed by atoms with Gasteiger partial charge in [-0.1, -0.05) is 0 Å². The number of nitrogens with zero attached hydrogens (tertiary/aromatic N) is 1. The number of phenolic OH excluding ortho intramolecular Hbond substituents is 1. The van der Waals surface area contributed by atoms with E-state index in [1.165, 1.54) is 19.1 Å². The molecule has 68 valence electrons. The summed E-state index contributed by atoms with van der Waals surface area (Å²) >= 11 is 0. The molecule has 0 aliphatic carbocycles. The van der Waals surface area contributed by atoms with Crippen molar-refractivity contribution in [3.8, 4) is 5.75 Å². The normalized spacial score (nSPS) is 9.69. The fraction of sp³-hybridized carbons (Fsp3) is 0.222. The highest BCUT2D eigenvalue weighted by Crippen LogP contribution is 2.27. The molecule has 0 aliphatic rings. The number of phenols is 1. The third-order valence-corrected chi connectivity index (χ3v) is 1.77. The summed E-state index contributed by atoms with van der Waals surface area (Å²) in [5.41, 5.74) is 0.761. The van der Waals surface area contributed by atoms with Gasteiger partial charge >= 0.3 is 0 Å². The highest BCUT2D eigenvalue weighted by atomic mass is 16.3. The second kappa shape index (κ2) is 3.35. The average molecular weight is 179 g/mol. The fourth-order valence-corrected chi connectivity index (χ4v) is 1.08. The van der Waals surface area contributed by atoms with Crippen LogP contribution in [0.5, 0.6) is 5.75 Å². The summed E-state index contributed by atoms with van der Waals surface area (Å²) in [6.07, 6.45) is 0. The first-order chi connectivity index (χ1) is 6.06. The number of benzene rings is 1. The van der Waals surface area contributed by atoms with Crippen molar-refractivity contribution in [2.75, 3.05) is 0 Å². The Hall–Kier alpha value is -1.71. The molecule has 4 nitrogen and oxygen atoms in total. The number of aryl methyl sites for hydroxylation is 1. The standard InChI is InChI=1S/C9H9NO3/c1-5-3-7(10-13)4-8(6(2)11)9(5)12/h3-4,12H,1-2H3. The molecule has 0 amide bonds. The molecule has 0 fully saturated rings. The number of rotatable bonds is 2. The van der Waals surface area contributed by atoms with Crippen LogP contribution in [0.1, 0.15) is 22.8 Å². The van der Waals surface area contributed by atoms with Gasteiger partial charge in [-0.2, -0.15) is 0 Å². The molecule has 0 unspecified atom stereocenters. The summed E-state index contributed by atoms with van der Waals surface area (Å²) in [4.78, 5) is 21.2. The van der Waals surface area contributed by atoms with E-state index in [2.05, 4.69) is 5.18 Å². The smallest absolute Gasteiger partial charge is 0.163 e. The molecule has 0 radical (unpaired) electrons. The third kappa shape index (κ3) is 1.72. The maximum Gasteiger partial charge on any atom is 0.163 e. The van der Waals surface area contributed by atoms with Crippen LogP contribution in [0, 0.1) is 11.8 Å². The molecule has 0 bridgehead atoms. The maximum absolute atomic E-state index is 11.0. The van der Waals surface area contributed by atoms with Crippen LogP contribution in [-0.2, 0) is 0 Å². The van der Waals surface area contributed by atoms with Crippen molar-refractivity contribution in [1.82, 2.24) is 0 Å². The molecule has 0 heterocycles. The fourth-order valence-electron chi connectivity index (χ4n) is 1.08. The second-order valence-electron chi connectivity index (χ2n) is 2.81. The number of hydrogen-bond acceptors (Lipinski definition) is 4. The van der Waals surface area contributed by atoms with Crippen LogP contribution >= 0.6 is 0 Å². The van der Waals surface area contributed by atoms with E-state index >= 15 is 0 Å². The van der Waals surface area contributed by atoms with Crippen molar-refractivity contribution in [3.05, 3.63) is 28.2 Å². The lowest BCUT2D eigenvalue weighted by atomic mass is 10.1. The number of ketones is 1. The molecular weight excluding hydrogens is 170 g/mol. The molecule has 0 aliphatic heterocycles. The van der Waals surface area contributed by atoms with Crippen LogP contribution in [-0.4, -0.2) is 10.9 Å². The molecule has 4 heteroatoms. The summed E-state index contributed by atoms with van der Waals surface area (Å²) in [6, 6.07) is 2.70. The van der Waals surface area contributed by atoms with E-state index in [0.717, 1.165) is 0 Å². The Morgan fingerprint density at radius 3 is 2.54 bits per heavy atom. The summed E-state index contributed by atoms with van der Waals surface area (Å²) in [6.45, 7) is 2.93. The van der Waals surface area contributed by atoms with Gasteiger partial charge in [-0.15, -0.1) is 4.91 Å². The first-order valence-corrected chi connectivity index (χ1v) is 3.74. The number of carbonyl (C=O) groups is 1. The Morgan fingerprint density at radius 2 is 2.08 bits per heavy atom. The van der Waals surface area contributed by atoms with Gasteiger partial charge in [0.15, 0.2) is 5.78 Å². The highest BCUT2D eigenvalue weighted by molar-refractivity contribution is 5.98. The minimum atomic E-state index is -0.286. The lowest BCUT2D eigenvalue weighted by molar-refractivity contribution is 0.101. The highest BCUT2D eigenvalue weighted by Gasteiger charge is 2.10. The van der Waals surface area contributed by atoms with Crippen LogP contribution in [0.25, 0.3) is 0 Å². The topological polar surface area (TPSA) is 66.7 Å². The van der Waals surface area contributed by atoms with Gasteiger partial charge in [0.05, 0.1) is 5.56 Å². The van der Waals surface area contributed by atoms with Crippen LogP contribution in [0.4, 0.5) is 5.69 Å². The SMILES string of the molecule is CC(=O)c1cc(N=O)cc(C)c1O. The van der Waals surface area contributed by atoms with Gasteiger partial charge in [-0.25, -0.2) is 0 Å². The lowest BCUT2D eigenvalue weighted by Crippen LogP contribution is -1.93. The van der Waals surface area contributed by atoms with Gasteiger partial charge in [0.25, 0.3) is 0 Å². The molecule has 0 atom stereocenters. The predicted molar refractivity (Wildman–Crippen MR) is 48.3 cm³/mol. The molecule has 1 rings (SSSR count). The Labute approximate surface area is 75.2 Å². The van der Waals surface area contributed by atoms with Crippen LogP contribution in [0.15, 0.2) is 17.3 Å². The second-order valence-corrected chi connectivity index (χ2v) is 2.81. The van der Waals surface area contributed by atoms with E-state index in [0.29, 0.717) is 5.56 Å². The zero-order valence-corrected chi connectivity index (χ0v) is 7.37. The summed E-state index contributed by atoms with van der Waals surface area (Å²) in [7, 11) is 0. The van der Waals surface area contributed by atoms with E-state index in [1.54, 1.807) is 6.92 Å². The average Bonchev–Trinajstić information content (AvgIpc) is 2.09. The van der Waals surface area contributed by atoms with Gasteiger partial charge in [0.1, 0.15) is 11.4 Å². The van der Waals surface area contributed by atoms with Crippen LogP contribution < -0.4 is 0 Å². The van der Waals surface area contributed by atoms with Gasteiger partial charge in [-0.3, -0.25) is 4.79 Å². The van der Waals surface area contributed by atoms with Crippen molar-refractivity contribution in [1.29, 1.82) is 0 Å². The van der Waals surface area contributed by atoms with E-state index < -0.39 is 0 Å². The minimum Gasteiger partial charge on any atom is -0.507 e. The van der Waals surface area contributed by atoms with E-state index in [9.17, 15) is 14.8 Å². The van der Waals surface area contributed by atoms with Crippen molar-refractivity contribution in [2.45, 2.75) is 13.8 Å². The van der Waals surface area contributed by atoms with Gasteiger partial charge < -0.3 is 5.11 Å². The summed E-state index contributed by atoms with van der Waals surface area (Å²) in [5.74, 6) is -0.369. The summed E-state index contributed by atoms with van der Waals surface area (Å²) in [5, 5.41) is 12.1. The minimum absolute atomic E-state index is 0.0834. The first kappa shape index (κ1) is 9.38. The Kier molecular flexibility index (Phi) is 2.41. The van der Waals surface area contributed by atoms with Crippen LogP contribution in [0.2, 0.25) is 0 Å². The van der Waals surface area contributed by atoms with E-state index in [1.807, 2.05) is 0 Å². The van der Waals surface area contributed by atoms with E-state index in [4.69, 9.17) is 0 Å². The zero-order valence-electron chi connectivity index (χ0n) is 7.37. The number of hydrogen-bond donors (Lipinski definition) is 1. The largest absolute Gasteiger partial charge is 0.507 e. The van der Waals surface area contributed by atoms with Gasteiger partial charge in [-0.05, 0) is 36.7 Å². The molecule has 1 aromatic carbocycles. The lowest BCUT2D eigenvalue weighted by Gasteiger charge is -2.03.